The van der Waals surface area contributed by atoms with Crippen LogP contribution < -0.4 is 11.7 Å². The maximum atomic E-state index is 4.12. The Balaban J connectivity index is 0.000000336. The Labute approximate surface area is 70.2 Å². The summed E-state index contributed by atoms with van der Waals surface area (Å²) in [5, 5.41) is 0. The number of hydrazine groups is 1. The Bertz CT molecular complexity index is 282. The van der Waals surface area contributed by atoms with Gasteiger partial charge in [0.25, 0.3) is 0 Å². The molecule has 0 bridgehead atoms. The van der Waals surface area contributed by atoms with Crippen LogP contribution in [0.15, 0.2) is 36.7 Å². The van der Waals surface area contributed by atoms with E-state index in [1.54, 1.807) is 12.4 Å². The predicted molar refractivity (Wildman–Crippen MR) is 47.9 cm³/mol. The van der Waals surface area contributed by atoms with E-state index in [0.717, 1.165) is 11.0 Å². The van der Waals surface area contributed by atoms with Crippen LogP contribution in [0.5, 0.6) is 0 Å². The molecule has 4 N–H and O–H groups in total. The van der Waals surface area contributed by atoms with Gasteiger partial charge in [0, 0.05) is 12.4 Å². The first kappa shape index (κ1) is 8.58. The second-order valence-corrected chi connectivity index (χ2v) is 2.05. The zero-order valence-electron chi connectivity index (χ0n) is 6.51. The fraction of sp³-hybridized carbons (Fsp3) is 0. The molecule has 0 aliphatic carbocycles. The zero-order valence-corrected chi connectivity index (χ0v) is 6.51. The SMILES string of the molecule is NN.c1ccc2nccnc2c1. The maximum absolute atomic E-state index is 4.12. The van der Waals surface area contributed by atoms with E-state index < -0.39 is 0 Å². The minimum Gasteiger partial charge on any atom is -0.274 e. The largest absolute Gasteiger partial charge is 0.274 e. The van der Waals surface area contributed by atoms with Crippen molar-refractivity contribution in [1.82, 2.24) is 9.97 Å². The lowest BCUT2D eigenvalue weighted by Gasteiger charge is -1.90. The first-order valence-electron chi connectivity index (χ1n) is 3.46. The summed E-state index contributed by atoms with van der Waals surface area (Å²) in [6, 6.07) is 7.80. The van der Waals surface area contributed by atoms with Gasteiger partial charge >= 0.3 is 0 Å². The Kier molecular flexibility index (Phi) is 3.13. The van der Waals surface area contributed by atoms with E-state index in [-0.39, 0.29) is 0 Å². The zero-order chi connectivity index (χ0) is 8.81. The molecule has 1 heterocycles. The van der Waals surface area contributed by atoms with Gasteiger partial charge in [-0.2, -0.15) is 0 Å². The Hall–Kier alpha value is -1.52. The highest BCUT2D eigenvalue weighted by Gasteiger charge is 1.88. The van der Waals surface area contributed by atoms with Gasteiger partial charge in [-0.15, -0.1) is 0 Å². The third-order valence-corrected chi connectivity index (χ3v) is 1.38. The molecule has 0 saturated carbocycles. The van der Waals surface area contributed by atoms with E-state index in [1.165, 1.54) is 0 Å². The molecule has 2 rings (SSSR count). The lowest BCUT2D eigenvalue weighted by Crippen LogP contribution is -2.02. The highest BCUT2D eigenvalue weighted by atomic mass is 15.0. The molecule has 4 heteroatoms. The van der Waals surface area contributed by atoms with E-state index in [1.807, 2.05) is 24.3 Å². The van der Waals surface area contributed by atoms with Gasteiger partial charge in [-0.25, -0.2) is 0 Å². The van der Waals surface area contributed by atoms with Crippen LogP contribution in [0.1, 0.15) is 0 Å². The summed E-state index contributed by atoms with van der Waals surface area (Å²) in [4.78, 5) is 8.24. The molecule has 0 amide bonds. The number of para-hydroxylation sites is 2. The molecule has 0 atom stereocenters. The van der Waals surface area contributed by atoms with Crippen LogP contribution in [0.4, 0.5) is 0 Å². The molecule has 12 heavy (non-hydrogen) atoms. The normalized spacial score (nSPS) is 8.83. The van der Waals surface area contributed by atoms with Gasteiger partial charge in [-0.3, -0.25) is 21.7 Å². The molecule has 0 aliphatic heterocycles. The molecule has 1 aromatic carbocycles. The summed E-state index contributed by atoms with van der Waals surface area (Å²) >= 11 is 0. The van der Waals surface area contributed by atoms with Crippen molar-refractivity contribution in [2.75, 3.05) is 0 Å². The number of fused-ring (bicyclic) bond motifs is 1. The summed E-state index contributed by atoms with van der Waals surface area (Å²) < 4.78 is 0. The van der Waals surface area contributed by atoms with Crippen molar-refractivity contribution in [3.05, 3.63) is 36.7 Å². The van der Waals surface area contributed by atoms with Gasteiger partial charge in [-0.1, -0.05) is 12.1 Å². The molecule has 2 aromatic rings. The number of rotatable bonds is 0. The molecular weight excluding hydrogens is 152 g/mol. The monoisotopic (exact) mass is 162 g/mol. The molecule has 0 unspecified atom stereocenters. The average Bonchev–Trinajstić information content (AvgIpc) is 2.21. The van der Waals surface area contributed by atoms with Crippen LogP contribution in [0.25, 0.3) is 11.0 Å². The smallest absolute Gasteiger partial charge is 0.0886 e. The molecule has 0 fully saturated rings. The molecule has 0 aliphatic rings. The predicted octanol–water partition coefficient (Wildman–Crippen LogP) is 0.449. The van der Waals surface area contributed by atoms with Crippen LogP contribution in [-0.4, -0.2) is 9.97 Å². The van der Waals surface area contributed by atoms with E-state index in [2.05, 4.69) is 21.7 Å². The third-order valence-electron chi connectivity index (χ3n) is 1.38. The highest BCUT2D eigenvalue weighted by Crippen LogP contribution is 2.04. The van der Waals surface area contributed by atoms with Gasteiger partial charge in [0.15, 0.2) is 0 Å². The van der Waals surface area contributed by atoms with E-state index in [0.29, 0.717) is 0 Å². The minimum atomic E-state index is 0.949. The summed E-state index contributed by atoms with van der Waals surface area (Å²) in [5.41, 5.74) is 1.90. The molecule has 62 valence electrons. The van der Waals surface area contributed by atoms with E-state index in [9.17, 15) is 0 Å². The number of nitrogens with two attached hydrogens (primary N) is 2. The first-order valence-corrected chi connectivity index (χ1v) is 3.46. The molecule has 0 radical (unpaired) electrons. The number of benzene rings is 1. The lowest BCUT2D eigenvalue weighted by molar-refractivity contribution is 1.26. The first-order chi connectivity index (χ1) is 5.97. The van der Waals surface area contributed by atoms with Crippen molar-refractivity contribution >= 4 is 11.0 Å². The van der Waals surface area contributed by atoms with Gasteiger partial charge in [0.1, 0.15) is 0 Å². The van der Waals surface area contributed by atoms with Gasteiger partial charge < -0.3 is 0 Å². The average molecular weight is 162 g/mol. The Morgan fingerprint density at radius 3 is 1.67 bits per heavy atom. The minimum absolute atomic E-state index is 0.949. The van der Waals surface area contributed by atoms with Crippen LogP contribution in [0, 0.1) is 0 Å². The second-order valence-electron chi connectivity index (χ2n) is 2.05. The lowest BCUT2D eigenvalue weighted by atomic mass is 10.3. The standard InChI is InChI=1S/C8H6N2.H4N2/c1-2-4-8-7(3-1)9-5-6-10-8;1-2/h1-6H;1-2H2. The summed E-state index contributed by atoms with van der Waals surface area (Å²) in [6.07, 6.45) is 3.39. The van der Waals surface area contributed by atoms with Gasteiger partial charge in [0.2, 0.25) is 0 Å². The summed E-state index contributed by atoms with van der Waals surface area (Å²) in [5.74, 6) is 8.00. The maximum Gasteiger partial charge on any atom is 0.0886 e. The van der Waals surface area contributed by atoms with Crippen LogP contribution in [0.3, 0.4) is 0 Å². The van der Waals surface area contributed by atoms with E-state index >= 15 is 0 Å². The van der Waals surface area contributed by atoms with Crippen molar-refractivity contribution in [3.8, 4) is 0 Å². The number of hydrogen-bond acceptors (Lipinski definition) is 4. The Morgan fingerprint density at radius 2 is 1.25 bits per heavy atom. The van der Waals surface area contributed by atoms with Crippen LogP contribution in [-0.2, 0) is 0 Å². The van der Waals surface area contributed by atoms with Crippen LogP contribution in [0.2, 0.25) is 0 Å². The quantitative estimate of drug-likeness (QED) is 0.435. The van der Waals surface area contributed by atoms with Crippen molar-refractivity contribution in [2.24, 2.45) is 11.7 Å². The van der Waals surface area contributed by atoms with Crippen molar-refractivity contribution in [1.29, 1.82) is 0 Å². The number of aromatic nitrogens is 2. The van der Waals surface area contributed by atoms with Crippen molar-refractivity contribution in [2.45, 2.75) is 0 Å². The second kappa shape index (κ2) is 4.38. The molecule has 0 saturated heterocycles. The van der Waals surface area contributed by atoms with Crippen LogP contribution >= 0.6 is 0 Å². The highest BCUT2D eigenvalue weighted by molar-refractivity contribution is 5.72. The number of hydrogen-bond donors (Lipinski definition) is 2. The summed E-state index contributed by atoms with van der Waals surface area (Å²) in [6.45, 7) is 0. The fourth-order valence-corrected chi connectivity index (χ4v) is 0.910. The molecule has 4 nitrogen and oxygen atoms in total. The molecular formula is C8H10N4. The van der Waals surface area contributed by atoms with Crippen molar-refractivity contribution in [3.63, 3.8) is 0 Å². The van der Waals surface area contributed by atoms with Crippen molar-refractivity contribution < 1.29 is 0 Å². The van der Waals surface area contributed by atoms with E-state index in [4.69, 9.17) is 0 Å². The number of nitrogens with zero attached hydrogens (tertiary/aromatic N) is 2. The van der Waals surface area contributed by atoms with Gasteiger partial charge in [0.05, 0.1) is 11.0 Å². The third kappa shape index (κ3) is 1.75. The summed E-state index contributed by atoms with van der Waals surface area (Å²) in [7, 11) is 0. The van der Waals surface area contributed by atoms with Gasteiger partial charge in [-0.05, 0) is 12.1 Å². The molecule has 1 aromatic heterocycles. The topological polar surface area (TPSA) is 77.8 Å². The Morgan fingerprint density at radius 1 is 0.833 bits per heavy atom. The molecule has 0 spiro atoms. The fourth-order valence-electron chi connectivity index (χ4n) is 0.910.